The van der Waals surface area contributed by atoms with Crippen LogP contribution < -0.4 is 5.14 Å². The maximum atomic E-state index is 10.3. The standard InChI is InChI=1S/C4H8N4O3S/c5-12(9,10)11-2-1-8-4-6-3-7-8/h3-4H,1-2H2,(H2,5,9,10). The molecular formula is C4H8N4O3S. The molecule has 12 heavy (non-hydrogen) atoms. The molecule has 0 spiro atoms. The number of hydrogen-bond donors (Lipinski definition) is 1. The average molecular weight is 192 g/mol. The predicted octanol–water partition coefficient (Wildman–Crippen LogP) is -1.50. The summed E-state index contributed by atoms with van der Waals surface area (Å²) in [7, 11) is -3.84. The summed E-state index contributed by atoms with van der Waals surface area (Å²) in [6.07, 6.45) is 2.80. The van der Waals surface area contributed by atoms with E-state index in [0.29, 0.717) is 6.54 Å². The van der Waals surface area contributed by atoms with Gasteiger partial charge in [-0.05, 0) is 0 Å². The number of hydrogen-bond acceptors (Lipinski definition) is 5. The van der Waals surface area contributed by atoms with Gasteiger partial charge in [0.1, 0.15) is 12.7 Å². The van der Waals surface area contributed by atoms with Crippen LogP contribution in [0, 0.1) is 0 Å². The molecule has 0 saturated carbocycles. The Labute approximate surface area is 69.4 Å². The van der Waals surface area contributed by atoms with Crippen LogP contribution in [0.3, 0.4) is 0 Å². The van der Waals surface area contributed by atoms with Crippen LogP contribution in [-0.4, -0.2) is 29.8 Å². The van der Waals surface area contributed by atoms with Gasteiger partial charge in [0, 0.05) is 0 Å². The van der Waals surface area contributed by atoms with Crippen molar-refractivity contribution in [1.82, 2.24) is 14.8 Å². The fraction of sp³-hybridized carbons (Fsp3) is 0.500. The van der Waals surface area contributed by atoms with Gasteiger partial charge >= 0.3 is 10.3 Å². The first-order valence-electron chi connectivity index (χ1n) is 3.07. The van der Waals surface area contributed by atoms with Gasteiger partial charge in [0.2, 0.25) is 0 Å². The summed E-state index contributed by atoms with van der Waals surface area (Å²) in [6, 6.07) is 0. The van der Waals surface area contributed by atoms with Crippen molar-refractivity contribution in [2.45, 2.75) is 6.54 Å². The number of rotatable bonds is 4. The monoisotopic (exact) mass is 192 g/mol. The molecule has 0 atom stereocenters. The normalized spacial score (nSPS) is 11.8. The minimum atomic E-state index is -3.84. The molecule has 0 aliphatic rings. The van der Waals surface area contributed by atoms with E-state index in [0.717, 1.165) is 0 Å². The second-order valence-corrected chi connectivity index (χ2v) is 3.19. The first-order chi connectivity index (χ1) is 5.58. The van der Waals surface area contributed by atoms with Crippen molar-refractivity contribution < 1.29 is 12.6 Å². The molecule has 2 N–H and O–H groups in total. The molecule has 0 unspecified atom stereocenters. The Kier molecular flexibility index (Phi) is 2.74. The summed E-state index contributed by atoms with van der Waals surface area (Å²) in [5.41, 5.74) is 0. The van der Waals surface area contributed by atoms with E-state index in [9.17, 15) is 8.42 Å². The van der Waals surface area contributed by atoms with Crippen molar-refractivity contribution in [3.05, 3.63) is 12.7 Å². The lowest BCUT2D eigenvalue weighted by molar-refractivity contribution is 0.294. The minimum absolute atomic E-state index is 0.0395. The second-order valence-electron chi connectivity index (χ2n) is 1.97. The van der Waals surface area contributed by atoms with E-state index in [1.807, 2.05) is 0 Å². The van der Waals surface area contributed by atoms with E-state index in [1.54, 1.807) is 0 Å². The predicted molar refractivity (Wildman–Crippen MR) is 39.1 cm³/mol. The third-order valence-corrected chi connectivity index (χ3v) is 1.53. The smallest absolute Gasteiger partial charge is 0.256 e. The zero-order valence-electron chi connectivity index (χ0n) is 6.12. The molecule has 0 radical (unpaired) electrons. The highest BCUT2D eigenvalue weighted by atomic mass is 32.2. The number of nitrogens with zero attached hydrogens (tertiary/aromatic N) is 3. The quantitative estimate of drug-likeness (QED) is 0.625. The molecule has 0 fully saturated rings. The summed E-state index contributed by atoms with van der Waals surface area (Å²) in [4.78, 5) is 3.65. The lowest BCUT2D eigenvalue weighted by Crippen LogP contribution is -2.18. The van der Waals surface area contributed by atoms with Crippen LogP contribution >= 0.6 is 0 Å². The molecule has 0 bridgehead atoms. The van der Waals surface area contributed by atoms with Gasteiger partial charge < -0.3 is 0 Å². The van der Waals surface area contributed by atoms with E-state index < -0.39 is 10.3 Å². The van der Waals surface area contributed by atoms with Gasteiger partial charge in [-0.1, -0.05) is 0 Å². The Morgan fingerprint density at radius 2 is 2.33 bits per heavy atom. The topological polar surface area (TPSA) is 100 Å². The van der Waals surface area contributed by atoms with E-state index in [-0.39, 0.29) is 6.61 Å². The first-order valence-corrected chi connectivity index (χ1v) is 4.54. The molecule has 7 nitrogen and oxygen atoms in total. The second kappa shape index (κ2) is 3.61. The summed E-state index contributed by atoms with van der Waals surface area (Å²) in [5, 5.41) is 8.31. The number of nitrogens with two attached hydrogens (primary N) is 1. The van der Waals surface area contributed by atoms with Crippen molar-refractivity contribution in [3.8, 4) is 0 Å². The minimum Gasteiger partial charge on any atom is -0.256 e. The van der Waals surface area contributed by atoms with Gasteiger partial charge in [0.05, 0.1) is 13.2 Å². The third-order valence-electron chi connectivity index (χ3n) is 1.03. The molecule has 1 heterocycles. The Hall–Kier alpha value is -0.990. The average Bonchev–Trinajstić information content (AvgIpc) is 2.36. The lowest BCUT2D eigenvalue weighted by atomic mass is 10.7. The Morgan fingerprint density at radius 3 is 2.83 bits per heavy atom. The van der Waals surface area contributed by atoms with Crippen LogP contribution in [0.5, 0.6) is 0 Å². The summed E-state index contributed by atoms with van der Waals surface area (Å²) < 4.78 is 26.2. The Balaban J connectivity index is 2.29. The van der Waals surface area contributed by atoms with Crippen LogP contribution in [0.25, 0.3) is 0 Å². The highest BCUT2D eigenvalue weighted by Gasteiger charge is 2.01. The molecular weight excluding hydrogens is 184 g/mol. The Bertz CT molecular complexity index is 318. The molecule has 68 valence electrons. The highest BCUT2D eigenvalue weighted by molar-refractivity contribution is 7.84. The van der Waals surface area contributed by atoms with Crippen molar-refractivity contribution in [2.75, 3.05) is 6.61 Å². The van der Waals surface area contributed by atoms with Crippen molar-refractivity contribution in [3.63, 3.8) is 0 Å². The van der Waals surface area contributed by atoms with E-state index in [2.05, 4.69) is 19.4 Å². The molecule has 8 heteroatoms. The van der Waals surface area contributed by atoms with Gasteiger partial charge in [-0.25, -0.2) is 10.1 Å². The van der Waals surface area contributed by atoms with E-state index >= 15 is 0 Å². The van der Waals surface area contributed by atoms with Crippen molar-refractivity contribution in [2.24, 2.45) is 5.14 Å². The molecule has 1 aromatic heterocycles. The Morgan fingerprint density at radius 1 is 1.58 bits per heavy atom. The lowest BCUT2D eigenvalue weighted by Gasteiger charge is -1.99. The molecule has 0 aliphatic heterocycles. The van der Waals surface area contributed by atoms with Crippen molar-refractivity contribution >= 4 is 10.3 Å². The zero-order chi connectivity index (χ0) is 9.03. The van der Waals surface area contributed by atoms with Crippen molar-refractivity contribution in [1.29, 1.82) is 0 Å². The van der Waals surface area contributed by atoms with Gasteiger partial charge in [-0.15, -0.1) is 0 Å². The maximum Gasteiger partial charge on any atom is 0.333 e. The highest BCUT2D eigenvalue weighted by Crippen LogP contribution is 1.85. The third kappa shape index (κ3) is 3.42. The fourth-order valence-electron chi connectivity index (χ4n) is 0.595. The van der Waals surface area contributed by atoms with Gasteiger partial charge in [0.25, 0.3) is 0 Å². The van der Waals surface area contributed by atoms with E-state index in [1.165, 1.54) is 17.3 Å². The van der Waals surface area contributed by atoms with Crippen LogP contribution in [-0.2, 0) is 21.0 Å². The number of aromatic nitrogens is 3. The van der Waals surface area contributed by atoms with Crippen LogP contribution in [0.2, 0.25) is 0 Å². The molecule has 0 aliphatic carbocycles. The summed E-state index contributed by atoms with van der Waals surface area (Å²) in [6.45, 7) is 0.263. The van der Waals surface area contributed by atoms with Gasteiger partial charge in [-0.3, -0.25) is 8.86 Å². The zero-order valence-corrected chi connectivity index (χ0v) is 6.94. The van der Waals surface area contributed by atoms with Gasteiger partial charge in [0.15, 0.2) is 0 Å². The molecule has 1 aromatic rings. The van der Waals surface area contributed by atoms with Gasteiger partial charge in [-0.2, -0.15) is 13.5 Å². The first kappa shape index (κ1) is 9.10. The molecule has 0 aromatic carbocycles. The summed E-state index contributed by atoms with van der Waals surface area (Å²) in [5.74, 6) is 0. The van der Waals surface area contributed by atoms with E-state index in [4.69, 9.17) is 0 Å². The molecule has 0 saturated heterocycles. The van der Waals surface area contributed by atoms with Crippen LogP contribution in [0.1, 0.15) is 0 Å². The largest absolute Gasteiger partial charge is 0.333 e. The SMILES string of the molecule is NS(=O)(=O)OCCn1cncn1. The fourth-order valence-corrected chi connectivity index (χ4v) is 0.902. The molecule has 0 amide bonds. The molecule has 1 rings (SSSR count). The maximum absolute atomic E-state index is 10.3. The van der Waals surface area contributed by atoms with Crippen LogP contribution in [0.15, 0.2) is 12.7 Å². The van der Waals surface area contributed by atoms with Crippen LogP contribution in [0.4, 0.5) is 0 Å². The summed E-state index contributed by atoms with van der Waals surface area (Å²) >= 11 is 0.